The molecule has 0 aliphatic carbocycles. The lowest BCUT2D eigenvalue weighted by Gasteiger charge is -2.03. The molecule has 114 valence electrons. The van der Waals surface area contributed by atoms with Crippen LogP contribution in [0.15, 0.2) is 54.6 Å². The first-order valence-electron chi connectivity index (χ1n) is 7.30. The number of allylic oxidation sites excluding steroid dienone is 1. The summed E-state index contributed by atoms with van der Waals surface area (Å²) >= 11 is 0. The Labute approximate surface area is 139 Å². The van der Waals surface area contributed by atoms with Gasteiger partial charge in [-0.05, 0) is 23.8 Å². The number of nitrogens with zero attached hydrogens (tertiary/aromatic N) is 5. The van der Waals surface area contributed by atoms with Crippen LogP contribution in [0.25, 0.3) is 23.0 Å². The summed E-state index contributed by atoms with van der Waals surface area (Å²) in [6.07, 6.45) is 1.74. The molecular formula is C19H13N5. The van der Waals surface area contributed by atoms with Crippen LogP contribution in [0.5, 0.6) is 0 Å². The van der Waals surface area contributed by atoms with Gasteiger partial charge < -0.3 is 4.57 Å². The summed E-state index contributed by atoms with van der Waals surface area (Å²) in [7, 11) is 1.83. The predicted molar refractivity (Wildman–Crippen MR) is 91.1 cm³/mol. The molecule has 0 N–H and O–H groups in total. The van der Waals surface area contributed by atoms with E-state index < -0.39 is 0 Å². The molecule has 24 heavy (non-hydrogen) atoms. The second-order valence-electron chi connectivity index (χ2n) is 5.18. The van der Waals surface area contributed by atoms with Gasteiger partial charge in [0.05, 0.1) is 17.2 Å². The van der Waals surface area contributed by atoms with Crippen LogP contribution in [0.4, 0.5) is 0 Å². The van der Waals surface area contributed by atoms with Crippen molar-refractivity contribution in [1.82, 2.24) is 14.8 Å². The van der Waals surface area contributed by atoms with E-state index in [1.807, 2.05) is 37.4 Å². The van der Waals surface area contributed by atoms with Crippen molar-refractivity contribution in [3.8, 4) is 23.5 Å². The van der Waals surface area contributed by atoms with E-state index in [0.29, 0.717) is 22.8 Å². The van der Waals surface area contributed by atoms with Gasteiger partial charge in [0, 0.05) is 12.6 Å². The molecule has 1 aromatic heterocycles. The van der Waals surface area contributed by atoms with Crippen molar-refractivity contribution in [3.63, 3.8) is 0 Å². The number of hydrogen-bond acceptors (Lipinski definition) is 4. The molecule has 5 heteroatoms. The molecular weight excluding hydrogens is 298 g/mol. The van der Waals surface area contributed by atoms with Gasteiger partial charge in [0.25, 0.3) is 0 Å². The zero-order valence-electron chi connectivity index (χ0n) is 13.0. The highest BCUT2D eigenvalue weighted by molar-refractivity contribution is 5.87. The first kappa shape index (κ1) is 15.2. The lowest BCUT2D eigenvalue weighted by Crippen LogP contribution is -1.98. The lowest BCUT2D eigenvalue weighted by molar-refractivity contribution is 0.901. The minimum Gasteiger partial charge on any atom is -0.310 e. The molecule has 0 bridgehead atoms. The minimum atomic E-state index is 0.414. The summed E-state index contributed by atoms with van der Waals surface area (Å²) in [5, 5.41) is 26.7. The zero-order valence-corrected chi connectivity index (χ0v) is 13.0. The Morgan fingerprint density at radius 2 is 1.71 bits per heavy atom. The monoisotopic (exact) mass is 311 g/mol. The summed E-state index contributed by atoms with van der Waals surface area (Å²) in [6, 6.07) is 21.0. The average molecular weight is 311 g/mol. The van der Waals surface area contributed by atoms with Crippen molar-refractivity contribution in [2.24, 2.45) is 7.05 Å². The van der Waals surface area contributed by atoms with Crippen LogP contribution in [0, 0.1) is 22.7 Å². The van der Waals surface area contributed by atoms with Gasteiger partial charge in [0.2, 0.25) is 0 Å². The van der Waals surface area contributed by atoms with E-state index in [9.17, 15) is 5.26 Å². The number of benzene rings is 2. The van der Waals surface area contributed by atoms with E-state index in [0.717, 1.165) is 11.1 Å². The van der Waals surface area contributed by atoms with Crippen LogP contribution in [0.2, 0.25) is 0 Å². The quantitative estimate of drug-likeness (QED) is 0.694. The van der Waals surface area contributed by atoms with Crippen molar-refractivity contribution in [2.45, 2.75) is 0 Å². The third-order valence-electron chi connectivity index (χ3n) is 3.62. The zero-order chi connectivity index (χ0) is 16.9. The smallest absolute Gasteiger partial charge is 0.174 e. The molecule has 0 saturated carbocycles. The minimum absolute atomic E-state index is 0.414. The number of rotatable bonds is 3. The maximum Gasteiger partial charge on any atom is 0.174 e. The van der Waals surface area contributed by atoms with Gasteiger partial charge in [-0.25, -0.2) is 0 Å². The number of aromatic nitrogens is 3. The van der Waals surface area contributed by atoms with Gasteiger partial charge in [0.1, 0.15) is 6.07 Å². The van der Waals surface area contributed by atoms with Gasteiger partial charge in [-0.3, -0.25) is 0 Å². The molecule has 3 aromatic rings. The van der Waals surface area contributed by atoms with Crippen LogP contribution >= 0.6 is 0 Å². The Balaban J connectivity index is 2.00. The Kier molecular flexibility index (Phi) is 4.18. The van der Waals surface area contributed by atoms with Gasteiger partial charge in [-0.2, -0.15) is 10.5 Å². The number of hydrogen-bond donors (Lipinski definition) is 0. The van der Waals surface area contributed by atoms with Crippen molar-refractivity contribution in [3.05, 3.63) is 71.5 Å². The fourth-order valence-corrected chi connectivity index (χ4v) is 2.37. The van der Waals surface area contributed by atoms with Crippen LogP contribution < -0.4 is 0 Å². The fourth-order valence-electron chi connectivity index (χ4n) is 2.37. The van der Waals surface area contributed by atoms with Crippen molar-refractivity contribution < 1.29 is 0 Å². The standard InChI is InChI=1S/C19H13N5/c1-24-18(16-5-3-2-4-6-16)22-23-19(24)17(13-21)11-14-7-9-15(12-20)10-8-14/h2-11H,1H3/b17-11-. The molecule has 0 fully saturated rings. The van der Waals surface area contributed by atoms with E-state index in [1.165, 1.54) is 0 Å². The molecule has 5 nitrogen and oxygen atoms in total. The summed E-state index contributed by atoms with van der Waals surface area (Å²) in [5.74, 6) is 1.20. The van der Waals surface area contributed by atoms with E-state index in [2.05, 4.69) is 22.3 Å². The fraction of sp³-hybridized carbons (Fsp3) is 0.0526. The topological polar surface area (TPSA) is 78.3 Å². The Morgan fingerprint density at radius 1 is 1.00 bits per heavy atom. The Bertz CT molecular complexity index is 967. The largest absolute Gasteiger partial charge is 0.310 e. The highest BCUT2D eigenvalue weighted by atomic mass is 15.3. The van der Waals surface area contributed by atoms with Crippen molar-refractivity contribution >= 4 is 11.6 Å². The Hall–Kier alpha value is -3.70. The van der Waals surface area contributed by atoms with Gasteiger partial charge >= 0.3 is 0 Å². The number of nitriles is 2. The summed E-state index contributed by atoms with van der Waals surface area (Å²) in [4.78, 5) is 0. The third-order valence-corrected chi connectivity index (χ3v) is 3.62. The average Bonchev–Trinajstić information content (AvgIpc) is 3.02. The van der Waals surface area contributed by atoms with Gasteiger partial charge in [0.15, 0.2) is 11.6 Å². The second-order valence-corrected chi connectivity index (χ2v) is 5.18. The maximum atomic E-state index is 9.49. The molecule has 0 unspecified atom stereocenters. The Morgan fingerprint density at radius 3 is 2.33 bits per heavy atom. The highest BCUT2D eigenvalue weighted by Crippen LogP contribution is 2.22. The molecule has 0 aliphatic rings. The van der Waals surface area contributed by atoms with Crippen molar-refractivity contribution in [1.29, 1.82) is 10.5 Å². The van der Waals surface area contributed by atoms with E-state index in [4.69, 9.17) is 5.26 Å². The molecule has 0 spiro atoms. The maximum absolute atomic E-state index is 9.49. The first-order chi connectivity index (χ1) is 11.7. The highest BCUT2D eigenvalue weighted by Gasteiger charge is 2.14. The van der Waals surface area contributed by atoms with Crippen LogP contribution in [0.3, 0.4) is 0 Å². The van der Waals surface area contributed by atoms with Crippen molar-refractivity contribution in [2.75, 3.05) is 0 Å². The SMILES string of the molecule is Cn1c(/C(C#N)=C\c2ccc(C#N)cc2)nnc1-c1ccccc1. The van der Waals surface area contributed by atoms with Gasteiger partial charge in [-0.15, -0.1) is 10.2 Å². The molecule has 0 aliphatic heterocycles. The van der Waals surface area contributed by atoms with Crippen LogP contribution in [-0.4, -0.2) is 14.8 Å². The molecule has 1 heterocycles. The molecule has 0 saturated heterocycles. The first-order valence-corrected chi connectivity index (χ1v) is 7.30. The summed E-state index contributed by atoms with van der Waals surface area (Å²) < 4.78 is 1.80. The molecule has 0 radical (unpaired) electrons. The predicted octanol–water partition coefficient (Wildman–Crippen LogP) is 3.42. The van der Waals surface area contributed by atoms with Crippen LogP contribution in [0.1, 0.15) is 17.0 Å². The van der Waals surface area contributed by atoms with E-state index in [1.54, 1.807) is 34.9 Å². The summed E-state index contributed by atoms with van der Waals surface area (Å²) in [6.45, 7) is 0. The normalized spacial score (nSPS) is 10.9. The van der Waals surface area contributed by atoms with E-state index in [-0.39, 0.29) is 0 Å². The lowest BCUT2D eigenvalue weighted by atomic mass is 10.1. The molecule has 3 rings (SSSR count). The molecule has 0 amide bonds. The third kappa shape index (κ3) is 2.92. The van der Waals surface area contributed by atoms with Crippen LogP contribution in [-0.2, 0) is 7.05 Å². The summed E-state index contributed by atoms with van der Waals surface area (Å²) in [5.41, 5.74) is 2.76. The molecule has 0 atom stereocenters. The molecule has 2 aromatic carbocycles. The van der Waals surface area contributed by atoms with E-state index >= 15 is 0 Å². The second kappa shape index (κ2) is 6.60. The van der Waals surface area contributed by atoms with Gasteiger partial charge in [-0.1, -0.05) is 42.5 Å².